The zero-order valence-electron chi connectivity index (χ0n) is 17.5. The number of benzene rings is 2. The van der Waals surface area contributed by atoms with Gasteiger partial charge in [0, 0.05) is 10.6 Å². The van der Waals surface area contributed by atoms with E-state index in [0.717, 1.165) is 11.1 Å². The molecule has 3 rings (SSSR count). The predicted molar refractivity (Wildman–Crippen MR) is 120 cm³/mol. The lowest BCUT2D eigenvalue weighted by atomic mass is 9.86. The van der Waals surface area contributed by atoms with E-state index in [1.54, 1.807) is 18.2 Å². The molecule has 0 aliphatic rings. The third-order valence-corrected chi connectivity index (χ3v) is 4.79. The van der Waals surface area contributed by atoms with Crippen LogP contribution in [0.15, 0.2) is 64.1 Å². The van der Waals surface area contributed by atoms with E-state index in [1.807, 2.05) is 37.3 Å². The van der Waals surface area contributed by atoms with Gasteiger partial charge in [0.15, 0.2) is 6.61 Å². The SMILES string of the molecule is Cc1cc(C(C)(C)C)ccc1OCC(=O)NN=Cc1ccc(-c2ccc(Cl)cc2)o1. The number of carbonyl (C=O) groups is 1. The molecule has 6 heteroatoms. The van der Waals surface area contributed by atoms with Gasteiger partial charge in [0.05, 0.1) is 6.21 Å². The Morgan fingerprint density at radius 1 is 1.13 bits per heavy atom. The fraction of sp³-hybridized carbons (Fsp3) is 0.250. The van der Waals surface area contributed by atoms with Gasteiger partial charge in [0.1, 0.15) is 17.3 Å². The summed E-state index contributed by atoms with van der Waals surface area (Å²) in [4.78, 5) is 12.0. The average molecular weight is 425 g/mol. The van der Waals surface area contributed by atoms with Crippen LogP contribution in [-0.4, -0.2) is 18.7 Å². The monoisotopic (exact) mass is 424 g/mol. The van der Waals surface area contributed by atoms with Crippen molar-refractivity contribution in [1.82, 2.24) is 5.43 Å². The maximum absolute atomic E-state index is 12.0. The molecule has 0 spiro atoms. The molecule has 0 saturated heterocycles. The second kappa shape index (κ2) is 9.18. The van der Waals surface area contributed by atoms with Crippen LogP contribution >= 0.6 is 11.6 Å². The Morgan fingerprint density at radius 3 is 2.53 bits per heavy atom. The lowest BCUT2D eigenvalue weighted by Crippen LogP contribution is -2.24. The van der Waals surface area contributed by atoms with Crippen LogP contribution < -0.4 is 10.2 Å². The molecule has 1 N–H and O–H groups in total. The fourth-order valence-corrected chi connectivity index (χ4v) is 2.94. The van der Waals surface area contributed by atoms with E-state index < -0.39 is 0 Å². The van der Waals surface area contributed by atoms with Crippen molar-refractivity contribution in [1.29, 1.82) is 0 Å². The highest BCUT2D eigenvalue weighted by molar-refractivity contribution is 6.30. The quantitative estimate of drug-likeness (QED) is 0.405. The van der Waals surface area contributed by atoms with Crippen molar-refractivity contribution in [3.8, 4) is 17.1 Å². The number of hydrazone groups is 1. The number of hydrogen-bond acceptors (Lipinski definition) is 4. The number of furan rings is 1. The number of aryl methyl sites for hydroxylation is 1. The molecule has 2 aromatic carbocycles. The van der Waals surface area contributed by atoms with E-state index in [4.69, 9.17) is 20.8 Å². The summed E-state index contributed by atoms with van der Waals surface area (Å²) in [6.07, 6.45) is 1.45. The first kappa shape index (κ1) is 21.7. The van der Waals surface area contributed by atoms with Crippen LogP contribution in [0.3, 0.4) is 0 Å². The Hall–Kier alpha value is -3.05. The normalized spacial score (nSPS) is 11.6. The maximum Gasteiger partial charge on any atom is 0.277 e. The minimum Gasteiger partial charge on any atom is -0.483 e. The summed E-state index contributed by atoms with van der Waals surface area (Å²) < 4.78 is 11.3. The molecule has 1 amide bonds. The van der Waals surface area contributed by atoms with E-state index >= 15 is 0 Å². The summed E-state index contributed by atoms with van der Waals surface area (Å²) >= 11 is 5.90. The third-order valence-electron chi connectivity index (χ3n) is 4.54. The highest BCUT2D eigenvalue weighted by Crippen LogP contribution is 2.27. The number of carbonyl (C=O) groups excluding carboxylic acids is 1. The van der Waals surface area contributed by atoms with Crippen LogP contribution in [0.2, 0.25) is 5.02 Å². The summed E-state index contributed by atoms with van der Waals surface area (Å²) in [5.41, 5.74) is 5.62. The molecule has 0 bridgehead atoms. The summed E-state index contributed by atoms with van der Waals surface area (Å²) in [6.45, 7) is 8.32. The zero-order chi connectivity index (χ0) is 21.7. The number of ether oxygens (including phenoxy) is 1. The molecular weight excluding hydrogens is 400 g/mol. The molecule has 156 valence electrons. The molecule has 5 nitrogen and oxygen atoms in total. The largest absolute Gasteiger partial charge is 0.483 e. The standard InChI is InChI=1S/C24H25ClN2O3/c1-16-13-18(24(2,3)4)7-11-21(16)29-15-23(28)27-26-14-20-10-12-22(30-20)17-5-8-19(25)9-6-17/h5-14H,15H2,1-4H3,(H,27,28). The Balaban J connectivity index is 1.51. The lowest BCUT2D eigenvalue weighted by molar-refractivity contribution is -0.123. The molecule has 0 radical (unpaired) electrons. The van der Waals surface area contributed by atoms with E-state index in [9.17, 15) is 4.79 Å². The van der Waals surface area contributed by atoms with Crippen LogP contribution in [0, 0.1) is 6.92 Å². The summed E-state index contributed by atoms with van der Waals surface area (Å²) in [5, 5.41) is 4.59. The number of rotatable bonds is 6. The van der Waals surface area contributed by atoms with Gasteiger partial charge in [-0.3, -0.25) is 4.79 Å². The fourth-order valence-electron chi connectivity index (χ4n) is 2.81. The number of hydrogen-bond donors (Lipinski definition) is 1. The van der Waals surface area contributed by atoms with E-state index in [0.29, 0.717) is 22.3 Å². The first-order valence-electron chi connectivity index (χ1n) is 9.64. The lowest BCUT2D eigenvalue weighted by Gasteiger charge is -2.20. The van der Waals surface area contributed by atoms with Crippen LogP contribution in [0.4, 0.5) is 0 Å². The van der Waals surface area contributed by atoms with Gasteiger partial charge < -0.3 is 9.15 Å². The summed E-state index contributed by atoms with van der Waals surface area (Å²) in [5.74, 6) is 1.54. The molecule has 30 heavy (non-hydrogen) atoms. The Bertz CT molecular complexity index is 1050. The van der Waals surface area contributed by atoms with Crippen molar-refractivity contribution in [2.75, 3.05) is 6.61 Å². The number of halogens is 1. The Labute approximate surface area is 181 Å². The predicted octanol–water partition coefficient (Wildman–Crippen LogP) is 5.74. The van der Waals surface area contributed by atoms with E-state index in [1.165, 1.54) is 11.8 Å². The second-order valence-electron chi connectivity index (χ2n) is 8.02. The minimum atomic E-state index is -0.352. The molecule has 0 aliphatic carbocycles. The van der Waals surface area contributed by atoms with Crippen molar-refractivity contribution in [2.45, 2.75) is 33.1 Å². The minimum absolute atomic E-state index is 0.0641. The topological polar surface area (TPSA) is 63.8 Å². The van der Waals surface area contributed by atoms with Gasteiger partial charge in [0.25, 0.3) is 5.91 Å². The van der Waals surface area contributed by atoms with Gasteiger partial charge in [-0.2, -0.15) is 5.10 Å². The first-order chi connectivity index (χ1) is 14.2. The molecule has 0 atom stereocenters. The second-order valence-corrected chi connectivity index (χ2v) is 8.46. The van der Waals surface area contributed by atoms with Gasteiger partial charge in [-0.05, 0) is 65.9 Å². The molecule has 1 heterocycles. The number of nitrogens with zero attached hydrogens (tertiary/aromatic N) is 1. The van der Waals surface area contributed by atoms with Gasteiger partial charge in [-0.25, -0.2) is 5.43 Å². The van der Waals surface area contributed by atoms with Crippen molar-refractivity contribution < 1.29 is 13.9 Å². The van der Waals surface area contributed by atoms with Crippen LogP contribution in [0.1, 0.15) is 37.7 Å². The molecule has 0 unspecified atom stereocenters. The zero-order valence-corrected chi connectivity index (χ0v) is 18.3. The summed E-state index contributed by atoms with van der Waals surface area (Å²) in [7, 11) is 0. The van der Waals surface area contributed by atoms with E-state index in [2.05, 4.69) is 37.4 Å². The van der Waals surface area contributed by atoms with Crippen molar-refractivity contribution >= 4 is 23.7 Å². The van der Waals surface area contributed by atoms with Crippen molar-refractivity contribution in [3.05, 3.63) is 76.5 Å². The van der Waals surface area contributed by atoms with Gasteiger partial charge in [-0.15, -0.1) is 0 Å². The third kappa shape index (κ3) is 5.74. The van der Waals surface area contributed by atoms with Crippen LogP contribution in [-0.2, 0) is 10.2 Å². The molecule has 0 saturated carbocycles. The first-order valence-corrected chi connectivity index (χ1v) is 10.0. The van der Waals surface area contributed by atoms with Gasteiger partial charge in [-0.1, -0.05) is 44.5 Å². The Morgan fingerprint density at radius 2 is 1.87 bits per heavy atom. The highest BCUT2D eigenvalue weighted by atomic mass is 35.5. The van der Waals surface area contributed by atoms with Crippen molar-refractivity contribution in [2.24, 2.45) is 5.10 Å². The molecule has 3 aromatic rings. The summed E-state index contributed by atoms with van der Waals surface area (Å²) in [6, 6.07) is 16.9. The molecule has 1 aromatic heterocycles. The average Bonchev–Trinajstić information content (AvgIpc) is 3.15. The van der Waals surface area contributed by atoms with Crippen LogP contribution in [0.5, 0.6) is 5.75 Å². The van der Waals surface area contributed by atoms with Crippen molar-refractivity contribution in [3.63, 3.8) is 0 Å². The van der Waals surface area contributed by atoms with E-state index in [-0.39, 0.29) is 17.9 Å². The molecular formula is C24H25ClN2O3. The number of nitrogens with one attached hydrogen (secondary N) is 1. The maximum atomic E-state index is 12.0. The van der Waals surface area contributed by atoms with Gasteiger partial charge in [0.2, 0.25) is 0 Å². The smallest absolute Gasteiger partial charge is 0.277 e. The number of amides is 1. The Kier molecular flexibility index (Phi) is 6.63. The van der Waals surface area contributed by atoms with Crippen LogP contribution in [0.25, 0.3) is 11.3 Å². The molecule has 0 aliphatic heterocycles. The van der Waals surface area contributed by atoms with Gasteiger partial charge >= 0.3 is 0 Å². The highest BCUT2D eigenvalue weighted by Gasteiger charge is 2.15. The molecule has 0 fully saturated rings.